The van der Waals surface area contributed by atoms with Crippen molar-refractivity contribution in [1.82, 2.24) is 9.62 Å². The highest BCUT2D eigenvalue weighted by atomic mass is 32.2. The standard InChI is InChI=1S/C27H38N2O8S/c1-6-19(2)17-29(38(33,34)23-14-12-22(35-4)13-15-23)18-25(30)24(16-21-10-8-7-9-11-21)28-27(32)37-20(3)26(31)36-5/h7-15,19-20,24-25,30H,6,16-18H2,1-5H3,(H,28,32)/t19-,20+,24?,25-/m1/s1. The topological polar surface area (TPSA) is 131 Å². The number of nitrogens with zero attached hydrogens (tertiary/aromatic N) is 1. The van der Waals surface area contributed by atoms with E-state index in [9.17, 15) is 23.1 Å². The lowest BCUT2D eigenvalue weighted by Gasteiger charge is -2.31. The highest BCUT2D eigenvalue weighted by Crippen LogP contribution is 2.22. The Bertz CT molecular complexity index is 1130. The van der Waals surface area contributed by atoms with Crippen molar-refractivity contribution in [3.05, 3.63) is 60.2 Å². The molecule has 38 heavy (non-hydrogen) atoms. The molecule has 2 aromatic rings. The Balaban J connectivity index is 2.32. The number of carbonyl (C=O) groups is 2. The van der Waals surface area contributed by atoms with Gasteiger partial charge in [-0.15, -0.1) is 0 Å². The molecule has 2 N–H and O–H groups in total. The van der Waals surface area contributed by atoms with E-state index in [0.29, 0.717) is 5.75 Å². The monoisotopic (exact) mass is 550 g/mol. The van der Waals surface area contributed by atoms with E-state index in [2.05, 4.69) is 10.1 Å². The summed E-state index contributed by atoms with van der Waals surface area (Å²) in [6.45, 7) is 5.14. The average Bonchev–Trinajstić information content (AvgIpc) is 2.92. The van der Waals surface area contributed by atoms with Crippen molar-refractivity contribution < 1.29 is 37.3 Å². The highest BCUT2D eigenvalue weighted by Gasteiger charge is 2.32. The first-order chi connectivity index (χ1) is 18.0. The van der Waals surface area contributed by atoms with Crippen LogP contribution in [0.3, 0.4) is 0 Å². The van der Waals surface area contributed by atoms with E-state index in [-0.39, 0.29) is 30.3 Å². The fourth-order valence-electron chi connectivity index (χ4n) is 3.69. The number of amides is 1. The summed E-state index contributed by atoms with van der Waals surface area (Å²) < 4.78 is 43.2. The Morgan fingerprint density at radius 2 is 1.63 bits per heavy atom. The van der Waals surface area contributed by atoms with Gasteiger partial charge in [-0.2, -0.15) is 4.31 Å². The summed E-state index contributed by atoms with van der Waals surface area (Å²) in [5, 5.41) is 13.9. The zero-order valence-corrected chi connectivity index (χ0v) is 23.3. The molecule has 0 bridgehead atoms. The molecule has 4 atom stereocenters. The Labute approximate surface area is 224 Å². The van der Waals surface area contributed by atoms with Crippen molar-refractivity contribution in [3.63, 3.8) is 0 Å². The molecule has 0 saturated carbocycles. The maximum atomic E-state index is 13.6. The number of nitrogens with one attached hydrogen (secondary N) is 1. The number of esters is 1. The zero-order valence-electron chi connectivity index (χ0n) is 22.5. The summed E-state index contributed by atoms with van der Waals surface area (Å²) in [7, 11) is -1.31. The second kappa shape index (κ2) is 14.7. The van der Waals surface area contributed by atoms with E-state index in [1.165, 1.54) is 37.6 Å². The first-order valence-electron chi connectivity index (χ1n) is 12.4. The summed E-state index contributed by atoms with van der Waals surface area (Å²) in [6, 6.07) is 14.2. The summed E-state index contributed by atoms with van der Waals surface area (Å²) >= 11 is 0. The molecule has 2 aromatic carbocycles. The maximum absolute atomic E-state index is 13.6. The van der Waals surface area contributed by atoms with Gasteiger partial charge in [0.15, 0.2) is 6.10 Å². The van der Waals surface area contributed by atoms with Crippen LogP contribution in [-0.4, -0.2) is 75.5 Å². The molecule has 1 unspecified atom stereocenters. The lowest BCUT2D eigenvalue weighted by molar-refractivity contribution is -0.149. The number of methoxy groups -OCH3 is 2. The van der Waals surface area contributed by atoms with Gasteiger partial charge in [-0.1, -0.05) is 50.6 Å². The molecule has 0 fully saturated rings. The fourth-order valence-corrected chi connectivity index (χ4v) is 5.27. The van der Waals surface area contributed by atoms with Gasteiger partial charge in [0.1, 0.15) is 5.75 Å². The number of benzene rings is 2. The quantitative estimate of drug-likeness (QED) is 0.343. The molecule has 0 aliphatic rings. The van der Waals surface area contributed by atoms with Gasteiger partial charge < -0.3 is 24.6 Å². The predicted molar refractivity (Wildman–Crippen MR) is 142 cm³/mol. The van der Waals surface area contributed by atoms with Crippen LogP contribution in [0.1, 0.15) is 32.8 Å². The summed E-state index contributed by atoms with van der Waals surface area (Å²) in [5.41, 5.74) is 0.810. The molecule has 10 nitrogen and oxygen atoms in total. The number of rotatable bonds is 14. The van der Waals surface area contributed by atoms with Crippen LogP contribution in [0.4, 0.5) is 4.79 Å². The summed E-state index contributed by atoms with van der Waals surface area (Å²) in [4.78, 5) is 24.3. The lowest BCUT2D eigenvalue weighted by atomic mass is 10.0. The van der Waals surface area contributed by atoms with Gasteiger partial charge in [0, 0.05) is 13.1 Å². The fraction of sp³-hybridized carbons (Fsp3) is 0.481. The number of hydrogen-bond acceptors (Lipinski definition) is 8. The van der Waals surface area contributed by atoms with E-state index in [1.54, 1.807) is 12.1 Å². The van der Waals surface area contributed by atoms with Crippen LogP contribution in [0.15, 0.2) is 59.5 Å². The van der Waals surface area contributed by atoms with Crippen LogP contribution in [0, 0.1) is 5.92 Å². The van der Waals surface area contributed by atoms with Crippen LogP contribution in [-0.2, 0) is 30.7 Å². The Morgan fingerprint density at radius 3 is 2.18 bits per heavy atom. The van der Waals surface area contributed by atoms with E-state index in [0.717, 1.165) is 12.0 Å². The molecule has 0 radical (unpaired) electrons. The smallest absolute Gasteiger partial charge is 0.408 e. The van der Waals surface area contributed by atoms with Crippen LogP contribution in [0.25, 0.3) is 0 Å². The molecule has 11 heteroatoms. The van der Waals surface area contributed by atoms with Crippen molar-refractivity contribution in [1.29, 1.82) is 0 Å². The molecule has 0 heterocycles. The van der Waals surface area contributed by atoms with E-state index >= 15 is 0 Å². The van der Waals surface area contributed by atoms with Gasteiger partial charge in [0.05, 0.1) is 31.3 Å². The van der Waals surface area contributed by atoms with Gasteiger partial charge in [-0.25, -0.2) is 18.0 Å². The maximum Gasteiger partial charge on any atom is 0.408 e. The van der Waals surface area contributed by atoms with Gasteiger partial charge in [0.25, 0.3) is 0 Å². The average molecular weight is 551 g/mol. The Hall–Kier alpha value is -3.15. The van der Waals surface area contributed by atoms with Crippen molar-refractivity contribution in [2.24, 2.45) is 5.92 Å². The van der Waals surface area contributed by atoms with E-state index in [1.807, 2.05) is 44.2 Å². The second-order valence-electron chi connectivity index (χ2n) is 9.09. The van der Waals surface area contributed by atoms with Crippen LogP contribution in [0.2, 0.25) is 0 Å². The Kier molecular flexibility index (Phi) is 12.0. The molecule has 210 valence electrons. The largest absolute Gasteiger partial charge is 0.497 e. The normalized spacial score (nSPS) is 14.7. The van der Waals surface area contributed by atoms with Gasteiger partial charge in [-0.3, -0.25) is 0 Å². The lowest BCUT2D eigenvalue weighted by Crippen LogP contribution is -2.51. The highest BCUT2D eigenvalue weighted by molar-refractivity contribution is 7.89. The van der Waals surface area contributed by atoms with Crippen molar-refractivity contribution in [2.45, 2.75) is 56.8 Å². The van der Waals surface area contributed by atoms with Crippen molar-refractivity contribution in [3.8, 4) is 5.75 Å². The number of hydrogen-bond donors (Lipinski definition) is 2. The number of carbonyl (C=O) groups excluding carboxylic acids is 2. The van der Waals surface area contributed by atoms with Crippen molar-refractivity contribution in [2.75, 3.05) is 27.3 Å². The minimum atomic E-state index is -3.98. The molecule has 0 spiro atoms. The van der Waals surface area contributed by atoms with Gasteiger partial charge >= 0.3 is 12.1 Å². The predicted octanol–water partition coefficient (Wildman–Crippen LogP) is 2.99. The molecule has 1 amide bonds. The molecule has 0 aromatic heterocycles. The zero-order chi connectivity index (χ0) is 28.3. The van der Waals surface area contributed by atoms with E-state index < -0.39 is 40.3 Å². The number of aliphatic hydroxyl groups excluding tert-OH is 1. The van der Waals surface area contributed by atoms with Crippen LogP contribution in [0.5, 0.6) is 5.75 Å². The van der Waals surface area contributed by atoms with Gasteiger partial charge in [0.2, 0.25) is 10.0 Å². The summed E-state index contributed by atoms with van der Waals surface area (Å²) in [5.74, 6) is -0.198. The number of aliphatic hydroxyl groups is 1. The third-order valence-electron chi connectivity index (χ3n) is 6.18. The molecule has 0 aliphatic heterocycles. The van der Waals surface area contributed by atoms with E-state index in [4.69, 9.17) is 9.47 Å². The minimum Gasteiger partial charge on any atom is -0.497 e. The third kappa shape index (κ3) is 9.00. The number of sulfonamides is 1. The summed E-state index contributed by atoms with van der Waals surface area (Å²) in [6.07, 6.45) is -2.47. The second-order valence-corrected chi connectivity index (χ2v) is 11.0. The first kappa shape index (κ1) is 31.1. The molecular weight excluding hydrogens is 512 g/mol. The van der Waals surface area contributed by atoms with Gasteiger partial charge in [-0.05, 0) is 49.1 Å². The molecule has 0 saturated heterocycles. The molecule has 0 aliphatic carbocycles. The molecule has 2 rings (SSSR count). The Morgan fingerprint density at radius 1 is 1.00 bits per heavy atom. The number of alkyl carbamates (subject to hydrolysis) is 1. The third-order valence-corrected chi connectivity index (χ3v) is 8.03. The first-order valence-corrected chi connectivity index (χ1v) is 13.9. The van der Waals surface area contributed by atoms with Crippen LogP contribution >= 0.6 is 0 Å². The van der Waals surface area contributed by atoms with Crippen LogP contribution < -0.4 is 10.1 Å². The minimum absolute atomic E-state index is 0.0154. The number of ether oxygens (including phenoxy) is 3. The molecular formula is C27H38N2O8S. The van der Waals surface area contributed by atoms with Crippen molar-refractivity contribution >= 4 is 22.1 Å². The SMILES string of the molecule is CC[C@@H](C)CN(C[C@@H](O)C(Cc1ccccc1)NC(=O)O[C@@H](C)C(=O)OC)S(=O)(=O)c1ccc(OC)cc1.